The first-order valence-corrected chi connectivity index (χ1v) is 9.08. The summed E-state index contributed by atoms with van der Waals surface area (Å²) >= 11 is 0. The number of anilines is 2. The lowest BCUT2D eigenvalue weighted by Crippen LogP contribution is -2.40. The molecule has 1 aromatic heterocycles. The van der Waals surface area contributed by atoms with Gasteiger partial charge in [0.1, 0.15) is 17.5 Å². The summed E-state index contributed by atoms with van der Waals surface area (Å²) in [5.41, 5.74) is 10.8. The maximum absolute atomic E-state index is 10.4. The Labute approximate surface area is 158 Å². The van der Waals surface area contributed by atoms with E-state index in [1.54, 1.807) is 12.1 Å². The van der Waals surface area contributed by atoms with E-state index in [4.69, 9.17) is 10.5 Å². The van der Waals surface area contributed by atoms with Crippen molar-refractivity contribution in [3.05, 3.63) is 41.6 Å². The second-order valence-electron chi connectivity index (χ2n) is 7.03. The number of aromatic hydroxyl groups is 1. The highest BCUT2D eigenvalue weighted by Crippen LogP contribution is 2.49. The zero-order chi connectivity index (χ0) is 19.1. The second kappa shape index (κ2) is 6.51. The molecule has 6 nitrogen and oxygen atoms in total. The van der Waals surface area contributed by atoms with E-state index in [1.165, 1.54) is 7.11 Å². The second-order valence-corrected chi connectivity index (χ2v) is 7.03. The number of nitrogens with two attached hydrogens (primary N) is 1. The molecule has 0 spiro atoms. The monoisotopic (exact) mass is 362 g/mol. The molecule has 1 fully saturated rings. The highest BCUT2D eigenvalue weighted by atomic mass is 16.5. The number of pyridine rings is 1. The number of phenolic OH excluding ortho intramolecular Hbond substituents is 1. The molecule has 0 amide bonds. The Morgan fingerprint density at radius 2 is 2.19 bits per heavy atom. The number of hydrogen-bond acceptors (Lipinski definition) is 6. The molecule has 5 rings (SSSR count). The summed E-state index contributed by atoms with van der Waals surface area (Å²) in [5, 5.41) is 20.2. The fourth-order valence-corrected chi connectivity index (χ4v) is 4.27. The van der Waals surface area contributed by atoms with E-state index in [9.17, 15) is 10.4 Å². The average molecular weight is 362 g/mol. The van der Waals surface area contributed by atoms with Crippen LogP contribution in [-0.2, 0) is 6.42 Å². The number of nitriles is 1. The van der Waals surface area contributed by atoms with Crippen LogP contribution in [0, 0.1) is 11.3 Å². The molecule has 0 unspecified atom stereocenters. The molecule has 27 heavy (non-hydrogen) atoms. The van der Waals surface area contributed by atoms with Crippen LogP contribution in [0.4, 0.5) is 11.5 Å². The third kappa shape index (κ3) is 2.58. The SMILES string of the molecule is C=CCc1cc(-c2c(C#N)c(N)nc3c2N2CCC3CC2)cc(OC)c1O. The number of fused-ring (bicyclic) bond motifs is 2. The van der Waals surface area contributed by atoms with Gasteiger partial charge in [-0.3, -0.25) is 0 Å². The third-order valence-electron chi connectivity index (χ3n) is 5.56. The smallest absolute Gasteiger partial charge is 0.161 e. The van der Waals surface area contributed by atoms with Gasteiger partial charge in [-0.2, -0.15) is 5.26 Å². The van der Waals surface area contributed by atoms with Gasteiger partial charge in [-0.05, 0) is 37.0 Å². The zero-order valence-corrected chi connectivity index (χ0v) is 15.3. The molecule has 1 saturated heterocycles. The Bertz CT molecular complexity index is 969. The first-order valence-electron chi connectivity index (χ1n) is 9.08. The minimum atomic E-state index is 0.0948. The number of hydrogen-bond donors (Lipinski definition) is 2. The van der Waals surface area contributed by atoms with E-state index in [0.29, 0.717) is 29.2 Å². The molecule has 3 aliphatic heterocycles. The van der Waals surface area contributed by atoms with E-state index < -0.39 is 0 Å². The van der Waals surface area contributed by atoms with Crippen LogP contribution in [-0.4, -0.2) is 30.3 Å². The number of nitrogen functional groups attached to an aromatic ring is 1. The van der Waals surface area contributed by atoms with Gasteiger partial charge >= 0.3 is 0 Å². The van der Waals surface area contributed by atoms with E-state index in [1.807, 2.05) is 6.07 Å². The van der Waals surface area contributed by atoms with Crippen molar-refractivity contribution in [1.29, 1.82) is 5.26 Å². The number of methoxy groups -OCH3 is 1. The predicted octanol–water partition coefficient (Wildman–Crippen LogP) is 3.34. The molecule has 0 saturated carbocycles. The normalized spacial score (nSPS) is 15.3. The van der Waals surface area contributed by atoms with Crippen molar-refractivity contribution >= 4 is 11.5 Å². The first-order chi connectivity index (χ1) is 13.1. The first kappa shape index (κ1) is 17.2. The summed E-state index contributed by atoms with van der Waals surface area (Å²) in [7, 11) is 1.52. The molecule has 3 aliphatic rings. The van der Waals surface area contributed by atoms with Gasteiger partial charge in [0.25, 0.3) is 0 Å². The molecule has 1 aromatic carbocycles. The standard InChI is InChI=1S/C21H22N4O2/c1-3-4-13-9-14(10-16(27-2)20(13)26)17-15(11-22)21(23)24-18-12-5-7-25(8-6-12)19(17)18/h3,9-10,12,26H,1,4-8H2,2H3,(H2,23,24). The van der Waals surface area contributed by atoms with Gasteiger partial charge in [0.05, 0.1) is 18.5 Å². The van der Waals surface area contributed by atoms with Crippen molar-refractivity contribution < 1.29 is 9.84 Å². The van der Waals surface area contributed by atoms with Crippen LogP contribution in [0.25, 0.3) is 11.1 Å². The molecule has 0 aliphatic carbocycles. The van der Waals surface area contributed by atoms with Crippen LogP contribution in [0.5, 0.6) is 11.5 Å². The van der Waals surface area contributed by atoms with E-state index >= 15 is 0 Å². The number of aromatic nitrogens is 1. The summed E-state index contributed by atoms with van der Waals surface area (Å²) in [4.78, 5) is 6.89. The lowest BCUT2D eigenvalue weighted by atomic mass is 9.82. The number of phenols is 1. The van der Waals surface area contributed by atoms with Gasteiger partial charge in [0, 0.05) is 30.1 Å². The molecule has 0 atom stereocenters. The Kier molecular flexibility index (Phi) is 4.15. The topological polar surface area (TPSA) is 95.4 Å². The van der Waals surface area contributed by atoms with Crippen molar-refractivity contribution in [1.82, 2.24) is 4.98 Å². The summed E-state index contributed by atoms with van der Waals surface area (Å²) in [6, 6.07) is 5.89. The molecule has 2 aromatic rings. The highest BCUT2D eigenvalue weighted by molar-refractivity contribution is 5.90. The van der Waals surface area contributed by atoms with Gasteiger partial charge in [0.2, 0.25) is 0 Å². The van der Waals surface area contributed by atoms with Crippen molar-refractivity contribution in [3.8, 4) is 28.7 Å². The Morgan fingerprint density at radius 3 is 2.81 bits per heavy atom. The van der Waals surface area contributed by atoms with Gasteiger partial charge < -0.3 is 20.5 Å². The molecule has 3 N–H and O–H groups in total. The maximum atomic E-state index is 10.4. The minimum absolute atomic E-state index is 0.0948. The summed E-state index contributed by atoms with van der Waals surface area (Å²) in [5.74, 6) is 1.11. The average Bonchev–Trinajstić information content (AvgIpc) is 2.69. The van der Waals surface area contributed by atoms with E-state index in [0.717, 1.165) is 48.4 Å². The van der Waals surface area contributed by atoms with E-state index in [-0.39, 0.29) is 11.6 Å². The van der Waals surface area contributed by atoms with Gasteiger partial charge in [0.15, 0.2) is 11.5 Å². The summed E-state index contributed by atoms with van der Waals surface area (Å²) < 4.78 is 5.38. The van der Waals surface area contributed by atoms with Crippen molar-refractivity contribution in [3.63, 3.8) is 0 Å². The molecule has 6 heteroatoms. The number of ether oxygens (including phenoxy) is 1. The fourth-order valence-electron chi connectivity index (χ4n) is 4.27. The number of rotatable bonds is 4. The molecule has 0 radical (unpaired) electrons. The largest absolute Gasteiger partial charge is 0.504 e. The van der Waals surface area contributed by atoms with E-state index in [2.05, 4.69) is 22.5 Å². The Morgan fingerprint density at radius 1 is 1.44 bits per heavy atom. The van der Waals surface area contributed by atoms with Crippen LogP contribution in [0.3, 0.4) is 0 Å². The van der Waals surface area contributed by atoms with Gasteiger partial charge in [-0.1, -0.05) is 6.08 Å². The molecule has 2 bridgehead atoms. The van der Waals surface area contributed by atoms with Crippen LogP contribution in [0.15, 0.2) is 24.8 Å². The quantitative estimate of drug-likeness (QED) is 0.810. The Hall–Kier alpha value is -3.20. The Balaban J connectivity index is 2.04. The van der Waals surface area contributed by atoms with Gasteiger partial charge in [-0.25, -0.2) is 4.98 Å². The van der Waals surface area contributed by atoms with Crippen LogP contribution in [0.2, 0.25) is 0 Å². The van der Waals surface area contributed by atoms with Crippen molar-refractivity contribution in [2.75, 3.05) is 30.8 Å². The maximum Gasteiger partial charge on any atom is 0.161 e. The van der Waals surface area contributed by atoms with Crippen molar-refractivity contribution in [2.45, 2.75) is 25.2 Å². The summed E-state index contributed by atoms with van der Waals surface area (Å²) in [6.45, 7) is 5.67. The molecule has 138 valence electrons. The highest BCUT2D eigenvalue weighted by Gasteiger charge is 2.36. The number of allylic oxidation sites excluding steroid dienone is 1. The molecular formula is C21H22N4O2. The lowest BCUT2D eigenvalue weighted by Gasteiger charge is -2.42. The van der Waals surface area contributed by atoms with Gasteiger partial charge in [-0.15, -0.1) is 6.58 Å². The molecular weight excluding hydrogens is 340 g/mol. The van der Waals surface area contributed by atoms with Crippen LogP contribution >= 0.6 is 0 Å². The molecule has 4 heterocycles. The third-order valence-corrected chi connectivity index (χ3v) is 5.56. The zero-order valence-electron chi connectivity index (χ0n) is 15.3. The van der Waals surface area contributed by atoms with Crippen LogP contribution in [0.1, 0.15) is 35.6 Å². The predicted molar refractivity (Wildman–Crippen MR) is 105 cm³/mol. The summed E-state index contributed by atoms with van der Waals surface area (Å²) in [6.07, 6.45) is 4.34. The van der Waals surface area contributed by atoms with Crippen molar-refractivity contribution in [2.24, 2.45) is 0 Å². The number of piperidine rings is 1. The lowest BCUT2D eigenvalue weighted by molar-refractivity contribution is 0.371. The number of nitrogens with zero attached hydrogens (tertiary/aromatic N) is 3. The van der Waals surface area contributed by atoms with Crippen LogP contribution < -0.4 is 15.4 Å². The minimum Gasteiger partial charge on any atom is -0.504 e. The fraction of sp³-hybridized carbons (Fsp3) is 0.333. The number of benzene rings is 1.